The highest BCUT2D eigenvalue weighted by atomic mass is 35.5. The third-order valence-electron chi connectivity index (χ3n) is 2.84. The van der Waals surface area contributed by atoms with Crippen LogP contribution in [0.25, 0.3) is 10.9 Å². The molecule has 0 bridgehead atoms. The number of pyridine rings is 1. The summed E-state index contributed by atoms with van der Waals surface area (Å²) in [5, 5.41) is 14.2. The molecule has 0 unspecified atom stereocenters. The predicted molar refractivity (Wildman–Crippen MR) is 64.0 cm³/mol. The fourth-order valence-corrected chi connectivity index (χ4v) is 2.43. The Morgan fingerprint density at radius 3 is 2.88 bits per heavy atom. The lowest BCUT2D eigenvalue weighted by molar-refractivity contribution is 0.476. The second-order valence-electron chi connectivity index (χ2n) is 3.79. The molecule has 82 valence electrons. The second kappa shape index (κ2) is 3.48. The third kappa shape index (κ3) is 1.29. The van der Waals surface area contributed by atoms with Crippen LogP contribution >= 0.6 is 23.2 Å². The first kappa shape index (κ1) is 10.1. The molecule has 2 N–H and O–H groups in total. The first-order valence-corrected chi connectivity index (χ1v) is 5.62. The van der Waals surface area contributed by atoms with Crippen LogP contribution in [0.2, 0.25) is 10.0 Å². The number of aromatic hydroxyl groups is 1. The van der Waals surface area contributed by atoms with Crippen LogP contribution in [0.15, 0.2) is 12.3 Å². The van der Waals surface area contributed by atoms with E-state index in [1.807, 2.05) is 0 Å². The number of phenolic OH excluding ortho intramolecular Hbond substituents is 1. The molecule has 1 aliphatic heterocycles. The number of nitrogens with zero attached hydrogens (tertiary/aromatic N) is 1. The van der Waals surface area contributed by atoms with Crippen molar-refractivity contribution in [2.24, 2.45) is 0 Å². The molecule has 2 aromatic rings. The van der Waals surface area contributed by atoms with Crippen molar-refractivity contribution in [3.05, 3.63) is 33.4 Å². The number of aromatic nitrogens is 1. The number of nitrogens with one attached hydrogen (secondary N) is 1. The van der Waals surface area contributed by atoms with Gasteiger partial charge >= 0.3 is 0 Å². The van der Waals surface area contributed by atoms with Gasteiger partial charge in [-0.15, -0.1) is 0 Å². The molecule has 0 saturated heterocycles. The third-order valence-corrected chi connectivity index (χ3v) is 3.69. The molecule has 16 heavy (non-hydrogen) atoms. The van der Waals surface area contributed by atoms with Gasteiger partial charge in [0.1, 0.15) is 10.8 Å². The van der Waals surface area contributed by atoms with Gasteiger partial charge in [0.25, 0.3) is 0 Å². The van der Waals surface area contributed by atoms with Crippen LogP contribution in [-0.4, -0.2) is 10.1 Å². The van der Waals surface area contributed by atoms with Gasteiger partial charge in [-0.25, -0.2) is 0 Å². The first-order valence-electron chi connectivity index (χ1n) is 4.86. The summed E-state index contributed by atoms with van der Waals surface area (Å²) in [4.78, 5) is 4.29. The van der Waals surface area contributed by atoms with Crippen molar-refractivity contribution in [3.8, 4) is 5.75 Å². The molecule has 1 aliphatic rings. The average Bonchev–Trinajstić information content (AvgIpc) is 2.74. The molecule has 1 aromatic carbocycles. The van der Waals surface area contributed by atoms with E-state index in [0.717, 1.165) is 29.6 Å². The summed E-state index contributed by atoms with van der Waals surface area (Å²) in [7, 11) is 0. The smallest absolute Gasteiger partial charge is 0.136 e. The maximum absolute atomic E-state index is 9.66. The summed E-state index contributed by atoms with van der Waals surface area (Å²) >= 11 is 11.9. The number of hydrogen-bond donors (Lipinski definition) is 2. The minimum absolute atomic E-state index is 0.00117. The zero-order chi connectivity index (χ0) is 11.3. The quantitative estimate of drug-likeness (QED) is 0.760. The lowest BCUT2D eigenvalue weighted by atomic mass is 10.1. The van der Waals surface area contributed by atoms with E-state index < -0.39 is 0 Å². The van der Waals surface area contributed by atoms with Crippen molar-refractivity contribution in [1.29, 1.82) is 0 Å². The molecule has 0 radical (unpaired) electrons. The van der Waals surface area contributed by atoms with E-state index in [1.165, 1.54) is 0 Å². The van der Waals surface area contributed by atoms with Crippen LogP contribution in [0.5, 0.6) is 5.75 Å². The Bertz CT molecular complexity index is 598. The standard InChI is InChI=1S/C11H8Cl2N2O/c12-9-8(16)1-6-7-4-14-2-5(7)3-15-11(6)10(9)13/h1,3,14,16H,2,4H2. The van der Waals surface area contributed by atoms with Crippen LogP contribution in [0.4, 0.5) is 0 Å². The maximum atomic E-state index is 9.66. The van der Waals surface area contributed by atoms with E-state index in [-0.39, 0.29) is 10.8 Å². The van der Waals surface area contributed by atoms with E-state index in [0.29, 0.717) is 10.5 Å². The van der Waals surface area contributed by atoms with Crippen LogP contribution in [0.3, 0.4) is 0 Å². The summed E-state index contributed by atoms with van der Waals surface area (Å²) in [5.41, 5.74) is 2.93. The van der Waals surface area contributed by atoms with E-state index >= 15 is 0 Å². The van der Waals surface area contributed by atoms with E-state index in [4.69, 9.17) is 23.2 Å². The molecule has 2 heterocycles. The Balaban J connectivity index is 2.46. The van der Waals surface area contributed by atoms with Gasteiger partial charge in [0.2, 0.25) is 0 Å². The highest BCUT2D eigenvalue weighted by Crippen LogP contribution is 2.39. The molecule has 0 amide bonds. The topological polar surface area (TPSA) is 45.2 Å². The number of benzene rings is 1. The highest BCUT2D eigenvalue weighted by molar-refractivity contribution is 6.46. The van der Waals surface area contributed by atoms with Gasteiger partial charge in [0.15, 0.2) is 0 Å². The van der Waals surface area contributed by atoms with Gasteiger partial charge in [-0.05, 0) is 17.2 Å². The molecular weight excluding hydrogens is 247 g/mol. The van der Waals surface area contributed by atoms with Gasteiger partial charge < -0.3 is 10.4 Å². The van der Waals surface area contributed by atoms with Gasteiger partial charge in [-0.2, -0.15) is 0 Å². The Kier molecular flexibility index (Phi) is 2.21. The van der Waals surface area contributed by atoms with Crippen molar-refractivity contribution in [3.63, 3.8) is 0 Å². The summed E-state index contributed by atoms with van der Waals surface area (Å²) in [6.45, 7) is 1.57. The summed E-state index contributed by atoms with van der Waals surface area (Å²) in [5.74, 6) is 0.00117. The van der Waals surface area contributed by atoms with Crippen molar-refractivity contribution in [2.45, 2.75) is 13.1 Å². The van der Waals surface area contributed by atoms with Crippen LogP contribution in [0, 0.1) is 0 Å². The molecule has 0 spiro atoms. The second-order valence-corrected chi connectivity index (χ2v) is 4.54. The number of fused-ring (bicyclic) bond motifs is 3. The monoisotopic (exact) mass is 254 g/mol. The minimum Gasteiger partial charge on any atom is -0.506 e. The van der Waals surface area contributed by atoms with Crippen LogP contribution in [0.1, 0.15) is 11.1 Å². The van der Waals surface area contributed by atoms with Crippen molar-refractivity contribution < 1.29 is 5.11 Å². The Morgan fingerprint density at radius 1 is 1.25 bits per heavy atom. The van der Waals surface area contributed by atoms with Crippen molar-refractivity contribution in [1.82, 2.24) is 10.3 Å². The summed E-state index contributed by atoms with van der Waals surface area (Å²) in [6.07, 6.45) is 1.80. The maximum Gasteiger partial charge on any atom is 0.136 e. The molecule has 0 atom stereocenters. The predicted octanol–water partition coefficient (Wildman–Crippen LogP) is 2.85. The van der Waals surface area contributed by atoms with Gasteiger partial charge in [-0.1, -0.05) is 23.2 Å². The number of phenols is 1. The molecule has 3 nitrogen and oxygen atoms in total. The fraction of sp³-hybridized carbons (Fsp3) is 0.182. The van der Waals surface area contributed by atoms with Gasteiger partial charge in [0.05, 0.1) is 10.5 Å². The SMILES string of the molecule is Oc1cc2c3c(cnc2c(Cl)c1Cl)CNC3. The molecule has 1 aromatic heterocycles. The lowest BCUT2D eigenvalue weighted by Gasteiger charge is -2.08. The zero-order valence-electron chi connectivity index (χ0n) is 8.22. The normalized spacial score (nSPS) is 14.4. The van der Waals surface area contributed by atoms with E-state index in [9.17, 15) is 5.11 Å². The highest BCUT2D eigenvalue weighted by Gasteiger charge is 2.18. The summed E-state index contributed by atoms with van der Waals surface area (Å²) in [6, 6.07) is 1.63. The molecule has 5 heteroatoms. The average molecular weight is 255 g/mol. The number of halogens is 2. The molecule has 0 saturated carbocycles. The number of rotatable bonds is 0. The molecule has 0 fully saturated rings. The largest absolute Gasteiger partial charge is 0.506 e. The van der Waals surface area contributed by atoms with E-state index in [1.54, 1.807) is 12.3 Å². The summed E-state index contributed by atoms with van der Waals surface area (Å²) < 4.78 is 0. The Morgan fingerprint density at radius 2 is 2.06 bits per heavy atom. The zero-order valence-corrected chi connectivity index (χ0v) is 9.73. The Labute approximate surface area is 102 Å². The van der Waals surface area contributed by atoms with Gasteiger partial charge in [0, 0.05) is 24.7 Å². The van der Waals surface area contributed by atoms with Crippen molar-refractivity contribution >= 4 is 34.1 Å². The molecule has 0 aliphatic carbocycles. The van der Waals surface area contributed by atoms with Crippen LogP contribution < -0.4 is 5.32 Å². The molecular formula is C11H8Cl2N2O. The minimum atomic E-state index is 0.00117. The Hall–Kier alpha value is -1.03. The van der Waals surface area contributed by atoms with Crippen molar-refractivity contribution in [2.75, 3.05) is 0 Å². The number of hydrogen-bond acceptors (Lipinski definition) is 3. The van der Waals surface area contributed by atoms with Crippen LogP contribution in [-0.2, 0) is 13.1 Å². The first-order chi connectivity index (χ1) is 7.68. The van der Waals surface area contributed by atoms with E-state index in [2.05, 4.69) is 10.3 Å². The fourth-order valence-electron chi connectivity index (χ4n) is 2.04. The lowest BCUT2D eigenvalue weighted by Crippen LogP contribution is -2.00. The molecule has 3 rings (SSSR count). The van der Waals surface area contributed by atoms with Gasteiger partial charge in [-0.3, -0.25) is 4.98 Å².